The van der Waals surface area contributed by atoms with Gasteiger partial charge in [-0.25, -0.2) is 4.79 Å². The molecule has 0 aliphatic carbocycles. The summed E-state index contributed by atoms with van der Waals surface area (Å²) in [4.78, 5) is 45.4. The van der Waals surface area contributed by atoms with E-state index in [9.17, 15) is 14.4 Å². The molecule has 1 N–H and O–H groups in total. The number of H-pyrrole nitrogens is 1. The van der Waals surface area contributed by atoms with Gasteiger partial charge in [-0.15, -0.1) is 0 Å². The molecule has 2 aromatic rings. The van der Waals surface area contributed by atoms with Crippen molar-refractivity contribution in [2.45, 2.75) is 13.0 Å². The van der Waals surface area contributed by atoms with Gasteiger partial charge in [-0.2, -0.15) is 0 Å². The van der Waals surface area contributed by atoms with Crippen LogP contribution in [0.2, 0.25) is 0 Å². The molecule has 7 nitrogen and oxygen atoms in total. The molecule has 3 atom stereocenters. The number of aromatic amines is 1. The molecule has 0 saturated carbocycles. The first-order valence-electron chi connectivity index (χ1n) is 9.89. The van der Waals surface area contributed by atoms with E-state index in [0.29, 0.717) is 25.3 Å². The molecule has 1 aromatic carbocycles. The molecule has 2 aliphatic rings. The molecule has 2 saturated heterocycles. The Kier molecular flexibility index (Phi) is 4.90. The average Bonchev–Trinajstić information content (AvgIpc) is 3.25. The summed E-state index contributed by atoms with van der Waals surface area (Å²) >= 11 is 0. The molecule has 152 valence electrons. The minimum atomic E-state index is -0.282. The summed E-state index contributed by atoms with van der Waals surface area (Å²) in [5.74, 6) is 0.216. The Morgan fingerprint density at radius 1 is 1.03 bits per heavy atom. The van der Waals surface area contributed by atoms with Crippen LogP contribution in [0.15, 0.2) is 47.3 Å². The van der Waals surface area contributed by atoms with E-state index in [1.54, 1.807) is 31.1 Å². The topological polar surface area (TPSA) is 76.7 Å². The van der Waals surface area contributed by atoms with Crippen LogP contribution in [0.5, 0.6) is 0 Å². The zero-order valence-corrected chi connectivity index (χ0v) is 17.0. The van der Waals surface area contributed by atoms with Gasteiger partial charge in [0.2, 0.25) is 5.56 Å². The molecule has 0 unspecified atom stereocenters. The summed E-state index contributed by atoms with van der Waals surface area (Å²) in [6.07, 6.45) is 0. The third-order valence-electron chi connectivity index (χ3n) is 6.09. The number of carbonyl (C=O) groups excluding carboxylic acids is 2. The minimum absolute atomic E-state index is 0.00193. The second kappa shape index (κ2) is 7.39. The molecule has 0 radical (unpaired) electrons. The van der Waals surface area contributed by atoms with Crippen LogP contribution in [0.4, 0.5) is 4.79 Å². The van der Waals surface area contributed by atoms with Crippen molar-refractivity contribution in [2.75, 3.05) is 33.7 Å². The monoisotopic (exact) mass is 394 g/mol. The first-order valence-corrected chi connectivity index (χ1v) is 9.89. The molecule has 2 fully saturated rings. The number of aryl methyl sites for hydroxylation is 1. The normalized spacial score (nSPS) is 23.2. The molecule has 1 aromatic heterocycles. The molecular weight excluding hydrogens is 368 g/mol. The number of nitrogens with one attached hydrogen (secondary N) is 1. The molecule has 2 aliphatic heterocycles. The summed E-state index contributed by atoms with van der Waals surface area (Å²) in [6, 6.07) is 12.7. The van der Waals surface area contributed by atoms with Crippen LogP contribution in [0.1, 0.15) is 27.7 Å². The quantitative estimate of drug-likeness (QED) is 0.848. The fourth-order valence-corrected chi connectivity index (χ4v) is 4.72. The number of nitrogens with zero attached hydrogens (tertiary/aromatic N) is 3. The first-order chi connectivity index (χ1) is 13.9. The van der Waals surface area contributed by atoms with Crippen LogP contribution in [-0.4, -0.2) is 65.4 Å². The first kappa shape index (κ1) is 19.2. The Morgan fingerprint density at radius 2 is 1.79 bits per heavy atom. The zero-order valence-electron chi connectivity index (χ0n) is 17.0. The third kappa shape index (κ3) is 3.41. The number of fused-ring (bicyclic) bond motifs is 1. The number of benzene rings is 1. The highest BCUT2D eigenvalue weighted by Gasteiger charge is 2.50. The largest absolute Gasteiger partial charge is 0.337 e. The van der Waals surface area contributed by atoms with Crippen LogP contribution in [0.25, 0.3) is 0 Å². The molecule has 4 rings (SSSR count). The standard InChI is InChI=1S/C22H26N4O3/c1-14-7-4-5-8-16(14)20-17-13-25(21(28)18-9-6-10-19(27)23-18)11-15(17)12-26(20)22(29)24(2)3/h4-10,15,17,20H,11-13H2,1-3H3,(H,23,27)/t15-,17-,20+/m1/s1. The van der Waals surface area contributed by atoms with Crippen molar-refractivity contribution < 1.29 is 9.59 Å². The van der Waals surface area contributed by atoms with Gasteiger partial charge in [0.25, 0.3) is 5.91 Å². The second-order valence-electron chi connectivity index (χ2n) is 8.19. The van der Waals surface area contributed by atoms with Gasteiger partial charge >= 0.3 is 6.03 Å². The number of rotatable bonds is 2. The Labute approximate surface area is 169 Å². The highest BCUT2D eigenvalue weighted by molar-refractivity contribution is 5.92. The molecule has 3 heterocycles. The van der Waals surface area contributed by atoms with Gasteiger partial charge in [0, 0.05) is 51.6 Å². The second-order valence-corrected chi connectivity index (χ2v) is 8.19. The SMILES string of the molecule is Cc1ccccc1[C@H]1[C@@H]2CN(C(=O)c3cccc(=O)[nH]3)C[C@@H]2CN1C(=O)N(C)C. The van der Waals surface area contributed by atoms with Crippen molar-refractivity contribution in [1.82, 2.24) is 19.7 Å². The van der Waals surface area contributed by atoms with E-state index >= 15 is 0 Å². The Morgan fingerprint density at radius 3 is 2.48 bits per heavy atom. The summed E-state index contributed by atoms with van der Waals surface area (Å²) in [5.41, 5.74) is 2.31. The number of aromatic nitrogens is 1. The smallest absolute Gasteiger partial charge is 0.320 e. The molecule has 7 heteroatoms. The van der Waals surface area contributed by atoms with E-state index in [0.717, 1.165) is 11.1 Å². The Hall–Kier alpha value is -3.09. The number of amides is 3. The number of pyridine rings is 1. The van der Waals surface area contributed by atoms with Crippen molar-refractivity contribution in [3.05, 3.63) is 69.6 Å². The number of likely N-dealkylation sites (tertiary alicyclic amines) is 2. The van der Waals surface area contributed by atoms with Gasteiger partial charge in [0.1, 0.15) is 5.69 Å². The molecule has 0 spiro atoms. The molecular formula is C22H26N4O3. The van der Waals surface area contributed by atoms with Gasteiger partial charge in [-0.05, 0) is 24.1 Å². The molecule has 29 heavy (non-hydrogen) atoms. The van der Waals surface area contributed by atoms with Crippen LogP contribution in [0, 0.1) is 18.8 Å². The van der Waals surface area contributed by atoms with Gasteiger partial charge < -0.3 is 19.7 Å². The molecule has 3 amide bonds. The van der Waals surface area contributed by atoms with Crippen molar-refractivity contribution in [3.63, 3.8) is 0 Å². The van der Waals surface area contributed by atoms with Gasteiger partial charge in [-0.3, -0.25) is 9.59 Å². The lowest BCUT2D eigenvalue weighted by Gasteiger charge is -2.32. The van der Waals surface area contributed by atoms with E-state index in [2.05, 4.69) is 24.0 Å². The van der Waals surface area contributed by atoms with E-state index in [4.69, 9.17) is 0 Å². The van der Waals surface area contributed by atoms with E-state index < -0.39 is 0 Å². The fraction of sp³-hybridized carbons (Fsp3) is 0.409. The van der Waals surface area contributed by atoms with Gasteiger partial charge in [-0.1, -0.05) is 30.3 Å². The van der Waals surface area contributed by atoms with Crippen molar-refractivity contribution in [1.29, 1.82) is 0 Å². The highest BCUT2D eigenvalue weighted by atomic mass is 16.2. The number of urea groups is 1. The predicted octanol–water partition coefficient (Wildman–Crippen LogP) is 2.11. The van der Waals surface area contributed by atoms with Gasteiger partial charge in [0.15, 0.2) is 0 Å². The van der Waals surface area contributed by atoms with Crippen LogP contribution >= 0.6 is 0 Å². The average molecular weight is 394 g/mol. The lowest BCUT2D eigenvalue weighted by molar-refractivity contribution is 0.0760. The maximum Gasteiger partial charge on any atom is 0.320 e. The van der Waals surface area contributed by atoms with Crippen LogP contribution < -0.4 is 5.56 Å². The summed E-state index contributed by atoms with van der Waals surface area (Å²) < 4.78 is 0. The fourth-order valence-electron chi connectivity index (χ4n) is 4.72. The summed E-state index contributed by atoms with van der Waals surface area (Å²) in [5, 5.41) is 0. The number of carbonyl (C=O) groups is 2. The van der Waals surface area contributed by atoms with Crippen LogP contribution in [0.3, 0.4) is 0 Å². The number of hydrogen-bond acceptors (Lipinski definition) is 3. The van der Waals surface area contributed by atoms with Crippen molar-refractivity contribution >= 4 is 11.9 Å². The van der Waals surface area contributed by atoms with Crippen molar-refractivity contribution in [2.24, 2.45) is 11.8 Å². The lowest BCUT2D eigenvalue weighted by atomic mass is 9.88. The van der Waals surface area contributed by atoms with E-state index in [-0.39, 0.29) is 35.4 Å². The Bertz CT molecular complexity index is 999. The van der Waals surface area contributed by atoms with Crippen molar-refractivity contribution in [3.8, 4) is 0 Å². The third-order valence-corrected chi connectivity index (χ3v) is 6.09. The minimum Gasteiger partial charge on any atom is -0.337 e. The van der Waals surface area contributed by atoms with Gasteiger partial charge in [0.05, 0.1) is 6.04 Å². The zero-order chi connectivity index (χ0) is 20.7. The highest BCUT2D eigenvalue weighted by Crippen LogP contribution is 2.46. The van der Waals surface area contributed by atoms with Crippen LogP contribution in [-0.2, 0) is 0 Å². The summed E-state index contributed by atoms with van der Waals surface area (Å²) in [6.45, 7) is 3.83. The molecule has 0 bridgehead atoms. The van der Waals surface area contributed by atoms with E-state index in [1.165, 1.54) is 6.07 Å². The van der Waals surface area contributed by atoms with E-state index in [1.807, 2.05) is 21.9 Å². The Balaban J connectivity index is 1.64. The lowest BCUT2D eigenvalue weighted by Crippen LogP contribution is -2.42. The summed E-state index contributed by atoms with van der Waals surface area (Å²) in [7, 11) is 3.54. The maximum absolute atomic E-state index is 12.9. The number of hydrogen-bond donors (Lipinski definition) is 1. The maximum atomic E-state index is 12.9. The predicted molar refractivity (Wildman–Crippen MR) is 110 cm³/mol.